The van der Waals surface area contributed by atoms with Gasteiger partial charge in [-0.2, -0.15) is 4.99 Å². The first-order valence-electron chi connectivity index (χ1n) is 6.80. The van der Waals surface area contributed by atoms with E-state index in [4.69, 9.17) is 0 Å². The number of nitrogens with zero attached hydrogens (tertiary/aromatic N) is 1. The van der Waals surface area contributed by atoms with E-state index in [1.54, 1.807) is 6.08 Å². The quantitative estimate of drug-likeness (QED) is 0.666. The van der Waals surface area contributed by atoms with E-state index in [0.29, 0.717) is 5.75 Å². The maximum absolute atomic E-state index is 10.6. The second-order valence-corrected chi connectivity index (χ2v) is 6.38. The van der Waals surface area contributed by atoms with Crippen molar-refractivity contribution in [3.63, 3.8) is 0 Å². The van der Waals surface area contributed by atoms with Crippen LogP contribution in [0.3, 0.4) is 0 Å². The Kier molecular flexibility index (Phi) is 3.27. The van der Waals surface area contributed by atoms with Gasteiger partial charge in [0.25, 0.3) is 0 Å². The number of phenolic OH excluding ortho intramolecular Hbond substituents is 1. The maximum atomic E-state index is 10.6. The van der Waals surface area contributed by atoms with Crippen LogP contribution in [0.4, 0.5) is 0 Å². The summed E-state index contributed by atoms with van der Waals surface area (Å²) in [5.41, 5.74) is 2.24. The second kappa shape index (κ2) is 4.50. The number of hydrogen-bond acceptors (Lipinski definition) is 3. The molecule has 1 fully saturated rings. The smallest absolute Gasteiger partial charge is 0.235 e. The molecule has 0 heterocycles. The highest BCUT2D eigenvalue weighted by Crippen LogP contribution is 2.54. The predicted octanol–water partition coefficient (Wildman–Crippen LogP) is 3.58. The summed E-state index contributed by atoms with van der Waals surface area (Å²) in [6, 6.07) is 4.04. The fourth-order valence-electron chi connectivity index (χ4n) is 2.47. The zero-order valence-corrected chi connectivity index (χ0v) is 12.1. The van der Waals surface area contributed by atoms with Crippen molar-refractivity contribution in [3.8, 4) is 5.75 Å². The maximum Gasteiger partial charge on any atom is 0.235 e. The standard InChI is InChI=1S/C16H21NO2/c1-5-11-8-12(15(2,3)4)14(19)13(9-11)16(6-7-16)17-10-18/h8-9,19H,5-7H2,1-4H3. The number of rotatable bonds is 3. The Labute approximate surface area is 114 Å². The largest absolute Gasteiger partial charge is 0.507 e. The molecule has 3 heteroatoms. The fourth-order valence-corrected chi connectivity index (χ4v) is 2.47. The van der Waals surface area contributed by atoms with Crippen molar-refractivity contribution >= 4 is 6.08 Å². The predicted molar refractivity (Wildman–Crippen MR) is 75.2 cm³/mol. The molecule has 1 aromatic rings. The normalized spacial score (nSPS) is 16.8. The molecule has 0 spiro atoms. The minimum Gasteiger partial charge on any atom is -0.507 e. The van der Waals surface area contributed by atoms with Gasteiger partial charge in [-0.25, -0.2) is 4.79 Å². The van der Waals surface area contributed by atoms with Gasteiger partial charge in [-0.05, 0) is 41.9 Å². The van der Waals surface area contributed by atoms with E-state index >= 15 is 0 Å². The van der Waals surface area contributed by atoms with Crippen molar-refractivity contribution in [2.24, 2.45) is 4.99 Å². The minimum absolute atomic E-state index is 0.134. The van der Waals surface area contributed by atoms with E-state index < -0.39 is 5.54 Å². The average molecular weight is 259 g/mol. The zero-order chi connectivity index (χ0) is 14.3. The number of phenols is 1. The Balaban J connectivity index is 2.65. The summed E-state index contributed by atoms with van der Waals surface area (Å²) in [6.07, 6.45) is 4.18. The molecule has 1 saturated carbocycles. The average Bonchev–Trinajstić information content (AvgIpc) is 3.09. The molecule has 1 aromatic carbocycles. The molecule has 0 aliphatic heterocycles. The van der Waals surface area contributed by atoms with Gasteiger partial charge in [-0.15, -0.1) is 0 Å². The van der Waals surface area contributed by atoms with Gasteiger partial charge in [-0.3, -0.25) is 0 Å². The van der Waals surface area contributed by atoms with E-state index in [1.807, 2.05) is 6.07 Å². The SMILES string of the molecule is CCc1cc(C(C)(C)C)c(O)c(C2(N=C=O)CC2)c1. The first-order chi connectivity index (χ1) is 8.84. The topological polar surface area (TPSA) is 49.7 Å². The van der Waals surface area contributed by atoms with E-state index in [2.05, 4.69) is 38.8 Å². The van der Waals surface area contributed by atoms with Crippen LogP contribution in [0.2, 0.25) is 0 Å². The third kappa shape index (κ3) is 2.43. The molecule has 0 bridgehead atoms. The molecule has 0 amide bonds. The van der Waals surface area contributed by atoms with Crippen molar-refractivity contribution < 1.29 is 9.90 Å². The van der Waals surface area contributed by atoms with Crippen LogP contribution in [0.15, 0.2) is 17.1 Å². The Morgan fingerprint density at radius 3 is 2.42 bits per heavy atom. The van der Waals surface area contributed by atoms with Crippen LogP contribution in [0.1, 0.15) is 57.2 Å². The summed E-state index contributed by atoms with van der Waals surface area (Å²) in [5.74, 6) is 0.293. The molecular weight excluding hydrogens is 238 g/mol. The van der Waals surface area contributed by atoms with Crippen LogP contribution in [0, 0.1) is 0 Å². The van der Waals surface area contributed by atoms with Gasteiger partial charge in [0, 0.05) is 5.56 Å². The molecular formula is C16H21NO2. The molecule has 19 heavy (non-hydrogen) atoms. The molecule has 3 nitrogen and oxygen atoms in total. The fraction of sp³-hybridized carbons (Fsp3) is 0.562. The number of carbonyl (C=O) groups excluding carboxylic acids is 1. The third-order valence-corrected chi connectivity index (χ3v) is 3.87. The molecule has 102 valence electrons. The summed E-state index contributed by atoms with van der Waals surface area (Å²) in [7, 11) is 0. The van der Waals surface area contributed by atoms with Crippen molar-refractivity contribution in [1.82, 2.24) is 0 Å². The Hall–Kier alpha value is -1.60. The number of benzene rings is 1. The van der Waals surface area contributed by atoms with Crippen LogP contribution >= 0.6 is 0 Å². The molecule has 1 aliphatic rings. The lowest BCUT2D eigenvalue weighted by molar-refractivity contribution is 0.432. The van der Waals surface area contributed by atoms with Gasteiger partial charge < -0.3 is 5.11 Å². The number of isocyanates is 1. The highest BCUT2D eigenvalue weighted by molar-refractivity contribution is 5.53. The highest BCUT2D eigenvalue weighted by atomic mass is 16.3. The second-order valence-electron chi connectivity index (χ2n) is 6.38. The molecule has 0 radical (unpaired) electrons. The Morgan fingerprint density at radius 1 is 1.37 bits per heavy atom. The molecule has 2 rings (SSSR count). The van der Waals surface area contributed by atoms with E-state index in [0.717, 1.165) is 30.4 Å². The summed E-state index contributed by atoms with van der Waals surface area (Å²) < 4.78 is 0. The summed E-state index contributed by atoms with van der Waals surface area (Å²) in [5, 5.41) is 10.6. The van der Waals surface area contributed by atoms with Crippen molar-refractivity contribution in [2.75, 3.05) is 0 Å². The van der Waals surface area contributed by atoms with E-state index in [9.17, 15) is 9.90 Å². The Morgan fingerprint density at radius 2 is 2.00 bits per heavy atom. The van der Waals surface area contributed by atoms with Gasteiger partial charge in [0.05, 0.1) is 0 Å². The van der Waals surface area contributed by atoms with Crippen LogP contribution in [0.25, 0.3) is 0 Å². The van der Waals surface area contributed by atoms with Gasteiger partial charge in [0.1, 0.15) is 11.3 Å². The third-order valence-electron chi connectivity index (χ3n) is 3.87. The van der Waals surface area contributed by atoms with Gasteiger partial charge in [0.2, 0.25) is 6.08 Å². The van der Waals surface area contributed by atoms with E-state index in [-0.39, 0.29) is 5.41 Å². The molecule has 0 unspecified atom stereocenters. The summed E-state index contributed by atoms with van der Waals surface area (Å²) in [6.45, 7) is 8.32. The molecule has 1 N–H and O–H groups in total. The zero-order valence-electron chi connectivity index (χ0n) is 12.1. The minimum atomic E-state index is -0.517. The van der Waals surface area contributed by atoms with Gasteiger partial charge >= 0.3 is 0 Å². The van der Waals surface area contributed by atoms with Crippen molar-refractivity contribution in [2.45, 2.75) is 57.9 Å². The van der Waals surface area contributed by atoms with Crippen molar-refractivity contribution in [3.05, 3.63) is 28.8 Å². The van der Waals surface area contributed by atoms with Crippen LogP contribution in [-0.2, 0) is 22.2 Å². The molecule has 1 aliphatic carbocycles. The Bertz CT molecular complexity index is 545. The number of hydrogen-bond donors (Lipinski definition) is 1. The van der Waals surface area contributed by atoms with Gasteiger partial charge in [-0.1, -0.05) is 33.8 Å². The monoisotopic (exact) mass is 259 g/mol. The first kappa shape index (κ1) is 13.8. The first-order valence-corrected chi connectivity index (χ1v) is 6.80. The molecule has 0 aromatic heterocycles. The number of aromatic hydroxyl groups is 1. The number of aryl methyl sites for hydroxylation is 1. The van der Waals surface area contributed by atoms with Crippen LogP contribution in [0.5, 0.6) is 5.75 Å². The lowest BCUT2D eigenvalue weighted by Crippen LogP contribution is -2.15. The van der Waals surface area contributed by atoms with Gasteiger partial charge in [0.15, 0.2) is 0 Å². The van der Waals surface area contributed by atoms with Crippen LogP contribution < -0.4 is 0 Å². The summed E-state index contributed by atoms with van der Waals surface area (Å²) >= 11 is 0. The molecule has 0 atom stereocenters. The molecule has 0 saturated heterocycles. The van der Waals surface area contributed by atoms with E-state index in [1.165, 1.54) is 5.56 Å². The highest BCUT2D eigenvalue weighted by Gasteiger charge is 2.47. The summed E-state index contributed by atoms with van der Waals surface area (Å²) in [4.78, 5) is 14.5. The van der Waals surface area contributed by atoms with Crippen LogP contribution in [-0.4, -0.2) is 11.2 Å². The number of aliphatic imine (C=N–C) groups is 1. The lowest BCUT2D eigenvalue weighted by Gasteiger charge is -2.24. The van der Waals surface area contributed by atoms with Crippen molar-refractivity contribution in [1.29, 1.82) is 0 Å². The lowest BCUT2D eigenvalue weighted by atomic mass is 9.82.